The van der Waals surface area contributed by atoms with Crippen molar-refractivity contribution in [1.82, 2.24) is 15.0 Å². The highest BCUT2D eigenvalue weighted by Crippen LogP contribution is 1.95. The summed E-state index contributed by atoms with van der Waals surface area (Å²) in [6, 6.07) is 0. The van der Waals surface area contributed by atoms with E-state index in [4.69, 9.17) is 10.8 Å². The van der Waals surface area contributed by atoms with Gasteiger partial charge in [-0.3, -0.25) is 9.48 Å². The van der Waals surface area contributed by atoms with Gasteiger partial charge >= 0.3 is 5.97 Å². The molecule has 3 N–H and O–H groups in total. The van der Waals surface area contributed by atoms with Crippen LogP contribution in [0.1, 0.15) is 18.5 Å². The van der Waals surface area contributed by atoms with E-state index in [-0.39, 0.29) is 6.42 Å². The highest BCUT2D eigenvalue weighted by Gasteiger charge is 2.00. The number of rotatable bonds is 5. The van der Waals surface area contributed by atoms with Crippen LogP contribution in [0.3, 0.4) is 0 Å². The van der Waals surface area contributed by atoms with Gasteiger partial charge in [0.25, 0.3) is 0 Å². The third-order valence-corrected chi connectivity index (χ3v) is 1.57. The van der Waals surface area contributed by atoms with Crippen LogP contribution in [0.2, 0.25) is 0 Å². The number of nitrogens with two attached hydrogens (primary N) is 1. The Hall–Kier alpha value is -1.43. The van der Waals surface area contributed by atoms with Crippen LogP contribution in [-0.4, -0.2) is 26.1 Å². The topological polar surface area (TPSA) is 94.0 Å². The summed E-state index contributed by atoms with van der Waals surface area (Å²) in [6.45, 7) is 0.929. The van der Waals surface area contributed by atoms with E-state index in [0.29, 0.717) is 19.5 Å². The molecule has 0 bridgehead atoms. The predicted octanol–water partition coefficient (Wildman–Crippen LogP) is -0.398. The number of carbonyl (C=O) groups is 1. The Morgan fingerprint density at radius 1 is 1.69 bits per heavy atom. The molecule has 6 heteroatoms. The lowest BCUT2D eigenvalue weighted by atomic mass is 10.3. The number of carboxylic acid groups (broad SMARTS) is 1. The number of hydrogen-bond donors (Lipinski definition) is 2. The molecule has 0 aliphatic carbocycles. The minimum absolute atomic E-state index is 0.151. The zero-order valence-electron chi connectivity index (χ0n) is 7.18. The van der Waals surface area contributed by atoms with Gasteiger partial charge in [0.2, 0.25) is 0 Å². The lowest BCUT2D eigenvalue weighted by Gasteiger charge is -1.96. The first-order valence-corrected chi connectivity index (χ1v) is 4.03. The first-order valence-electron chi connectivity index (χ1n) is 4.03. The van der Waals surface area contributed by atoms with Crippen LogP contribution >= 0.6 is 0 Å². The number of nitrogens with zero attached hydrogens (tertiary/aromatic N) is 3. The Bertz CT molecular complexity index is 284. The molecular formula is C7H12N4O2. The zero-order chi connectivity index (χ0) is 9.68. The number of hydrogen-bond acceptors (Lipinski definition) is 4. The van der Waals surface area contributed by atoms with Gasteiger partial charge in [-0.05, 0) is 6.42 Å². The molecule has 6 nitrogen and oxygen atoms in total. The quantitative estimate of drug-likeness (QED) is 0.649. The normalized spacial score (nSPS) is 10.2. The fourth-order valence-electron chi connectivity index (χ4n) is 0.934. The SMILES string of the molecule is NCc1cn(CCCC(=O)O)nn1. The number of aryl methyl sites for hydroxylation is 1. The Morgan fingerprint density at radius 3 is 3.00 bits per heavy atom. The van der Waals surface area contributed by atoms with E-state index < -0.39 is 5.97 Å². The van der Waals surface area contributed by atoms with Crippen molar-refractivity contribution in [3.05, 3.63) is 11.9 Å². The summed E-state index contributed by atoms with van der Waals surface area (Å²) in [7, 11) is 0. The lowest BCUT2D eigenvalue weighted by Crippen LogP contribution is -2.02. The van der Waals surface area contributed by atoms with Gasteiger partial charge in [-0.2, -0.15) is 0 Å². The van der Waals surface area contributed by atoms with Crippen LogP contribution in [0.15, 0.2) is 6.20 Å². The van der Waals surface area contributed by atoms with Gasteiger partial charge in [0.1, 0.15) is 0 Å². The van der Waals surface area contributed by atoms with Gasteiger partial charge in [-0.1, -0.05) is 5.21 Å². The summed E-state index contributed by atoms with van der Waals surface area (Å²) < 4.78 is 1.60. The van der Waals surface area contributed by atoms with Gasteiger partial charge in [-0.25, -0.2) is 0 Å². The molecule has 1 heterocycles. The standard InChI is InChI=1S/C7H12N4O2/c8-4-6-5-11(10-9-6)3-1-2-7(12)13/h5H,1-4,8H2,(H,12,13). The number of aromatic nitrogens is 3. The van der Waals surface area contributed by atoms with E-state index in [1.807, 2.05) is 0 Å². The molecule has 13 heavy (non-hydrogen) atoms. The predicted molar refractivity (Wildman–Crippen MR) is 44.8 cm³/mol. The third-order valence-electron chi connectivity index (χ3n) is 1.57. The van der Waals surface area contributed by atoms with Gasteiger partial charge in [0.15, 0.2) is 0 Å². The molecule has 0 spiro atoms. The van der Waals surface area contributed by atoms with E-state index >= 15 is 0 Å². The molecule has 0 radical (unpaired) electrons. The molecular weight excluding hydrogens is 172 g/mol. The Balaban J connectivity index is 2.32. The monoisotopic (exact) mass is 184 g/mol. The van der Waals surface area contributed by atoms with Gasteiger partial charge in [0.05, 0.1) is 5.69 Å². The molecule has 0 fully saturated rings. The molecule has 0 saturated carbocycles. The molecule has 0 atom stereocenters. The maximum Gasteiger partial charge on any atom is 0.303 e. The van der Waals surface area contributed by atoms with Crippen molar-refractivity contribution in [1.29, 1.82) is 0 Å². The maximum atomic E-state index is 10.2. The summed E-state index contributed by atoms with van der Waals surface area (Å²) in [5.41, 5.74) is 6.05. The second-order valence-electron chi connectivity index (χ2n) is 2.67. The van der Waals surface area contributed by atoms with Crippen LogP contribution < -0.4 is 5.73 Å². The van der Waals surface area contributed by atoms with Crippen LogP contribution in [-0.2, 0) is 17.9 Å². The van der Waals surface area contributed by atoms with Gasteiger partial charge < -0.3 is 10.8 Å². The van der Waals surface area contributed by atoms with E-state index in [1.54, 1.807) is 10.9 Å². The molecule has 72 valence electrons. The summed E-state index contributed by atoms with van der Waals surface area (Å²) in [6.07, 6.45) is 2.43. The van der Waals surface area contributed by atoms with Crippen molar-refractivity contribution in [2.45, 2.75) is 25.9 Å². The molecule has 0 aromatic carbocycles. The molecule has 1 aromatic heterocycles. The molecule has 0 aliphatic rings. The second-order valence-corrected chi connectivity index (χ2v) is 2.67. The van der Waals surface area contributed by atoms with Crippen molar-refractivity contribution in [2.75, 3.05) is 0 Å². The highest BCUT2D eigenvalue weighted by atomic mass is 16.4. The minimum Gasteiger partial charge on any atom is -0.481 e. The Kier molecular flexibility index (Phi) is 3.39. The zero-order valence-corrected chi connectivity index (χ0v) is 7.18. The van der Waals surface area contributed by atoms with Crippen molar-refractivity contribution >= 4 is 5.97 Å². The van der Waals surface area contributed by atoms with Crippen molar-refractivity contribution in [3.8, 4) is 0 Å². The Morgan fingerprint density at radius 2 is 2.46 bits per heavy atom. The highest BCUT2D eigenvalue weighted by molar-refractivity contribution is 5.66. The number of aliphatic carboxylic acids is 1. The van der Waals surface area contributed by atoms with Crippen LogP contribution in [0.25, 0.3) is 0 Å². The molecule has 0 aliphatic heterocycles. The smallest absolute Gasteiger partial charge is 0.303 e. The third kappa shape index (κ3) is 3.20. The lowest BCUT2D eigenvalue weighted by molar-refractivity contribution is -0.137. The first kappa shape index (κ1) is 9.66. The van der Waals surface area contributed by atoms with Crippen molar-refractivity contribution in [3.63, 3.8) is 0 Å². The van der Waals surface area contributed by atoms with Crippen LogP contribution in [0.4, 0.5) is 0 Å². The summed E-state index contributed by atoms with van der Waals surface area (Å²) in [4.78, 5) is 10.2. The number of carboxylic acids is 1. The summed E-state index contributed by atoms with van der Waals surface area (Å²) >= 11 is 0. The summed E-state index contributed by atoms with van der Waals surface area (Å²) in [5, 5.41) is 15.9. The summed E-state index contributed by atoms with van der Waals surface area (Å²) in [5.74, 6) is -0.792. The van der Waals surface area contributed by atoms with E-state index in [9.17, 15) is 4.79 Å². The van der Waals surface area contributed by atoms with E-state index in [0.717, 1.165) is 5.69 Å². The van der Waals surface area contributed by atoms with Crippen LogP contribution in [0, 0.1) is 0 Å². The van der Waals surface area contributed by atoms with E-state index in [1.165, 1.54) is 0 Å². The average Bonchev–Trinajstić information content (AvgIpc) is 2.52. The molecule has 0 saturated heterocycles. The fraction of sp³-hybridized carbons (Fsp3) is 0.571. The molecule has 0 amide bonds. The Labute approximate surface area is 75.3 Å². The van der Waals surface area contributed by atoms with Gasteiger partial charge in [0, 0.05) is 25.7 Å². The average molecular weight is 184 g/mol. The largest absolute Gasteiger partial charge is 0.481 e. The van der Waals surface area contributed by atoms with Crippen LogP contribution in [0.5, 0.6) is 0 Å². The molecule has 1 rings (SSSR count). The maximum absolute atomic E-state index is 10.2. The first-order chi connectivity index (χ1) is 6.22. The van der Waals surface area contributed by atoms with Crippen molar-refractivity contribution < 1.29 is 9.90 Å². The second kappa shape index (κ2) is 4.56. The fourth-order valence-corrected chi connectivity index (χ4v) is 0.934. The van der Waals surface area contributed by atoms with E-state index in [2.05, 4.69) is 10.3 Å². The van der Waals surface area contributed by atoms with Crippen molar-refractivity contribution in [2.24, 2.45) is 5.73 Å². The minimum atomic E-state index is -0.792. The molecule has 1 aromatic rings. The van der Waals surface area contributed by atoms with Gasteiger partial charge in [-0.15, -0.1) is 5.10 Å². The molecule has 0 unspecified atom stereocenters.